The average molecular weight is 737 g/mol. The number of ether oxygens (including phenoxy) is 5. The molecule has 0 saturated carbocycles. The first-order valence-electron chi connectivity index (χ1n) is 14.3. The standard InChI is InChI=1S/C31H27F11O8/c1-4-5-6-7-18-8-11-21(23(12-18)29(36,37)38)22-13-19-9-10-20(14-24(19)47-26(22)44)45-15-27(32,33)48-30(39,40)50-31(41,42)49-28(34,35)16-46-25(43)17(2)3/h8-14H,2,4-7,15-16H2,1,3H3. The van der Waals surface area contributed by atoms with Crippen molar-refractivity contribution in [3.8, 4) is 16.9 Å². The van der Waals surface area contributed by atoms with Crippen LogP contribution < -0.4 is 10.4 Å². The Bertz CT molecular complexity index is 1740. The molecule has 0 radical (unpaired) electrons. The predicted octanol–water partition coefficient (Wildman–Crippen LogP) is 9.05. The van der Waals surface area contributed by atoms with Crippen molar-refractivity contribution in [2.24, 2.45) is 0 Å². The zero-order chi connectivity index (χ0) is 37.7. The molecule has 0 spiro atoms. The number of alkyl halides is 11. The van der Waals surface area contributed by atoms with E-state index in [0.29, 0.717) is 18.4 Å². The molecule has 1 aromatic heterocycles. The van der Waals surface area contributed by atoms with Crippen molar-refractivity contribution >= 4 is 16.9 Å². The van der Waals surface area contributed by atoms with Gasteiger partial charge in [0, 0.05) is 22.6 Å². The third-order valence-electron chi connectivity index (χ3n) is 6.36. The van der Waals surface area contributed by atoms with Gasteiger partial charge in [0.25, 0.3) is 0 Å². The molecular weight excluding hydrogens is 709 g/mol. The molecule has 2 aromatic carbocycles. The summed E-state index contributed by atoms with van der Waals surface area (Å²) in [7, 11) is 0. The molecule has 0 aliphatic carbocycles. The second-order valence-electron chi connectivity index (χ2n) is 10.6. The Kier molecular flexibility index (Phi) is 12.3. The maximum absolute atomic E-state index is 14.1. The first-order valence-corrected chi connectivity index (χ1v) is 14.3. The van der Waals surface area contributed by atoms with E-state index in [1.165, 1.54) is 6.07 Å². The maximum atomic E-state index is 14.1. The van der Waals surface area contributed by atoms with Crippen LogP contribution in [-0.4, -0.2) is 44.0 Å². The van der Waals surface area contributed by atoms with Gasteiger partial charge in [-0.2, -0.15) is 30.7 Å². The Morgan fingerprint density at radius 3 is 1.98 bits per heavy atom. The fourth-order valence-corrected chi connectivity index (χ4v) is 4.19. The SMILES string of the molecule is C=C(C)C(=O)OCC(F)(F)OC(F)(F)OC(F)(F)OC(F)(F)COc1ccc2cc(-c3ccc(CCCCC)cc3C(F)(F)F)c(=O)oc2c1. The summed E-state index contributed by atoms with van der Waals surface area (Å²) in [5.74, 6) is -2.09. The molecule has 3 rings (SSSR count). The van der Waals surface area contributed by atoms with Gasteiger partial charge in [0.2, 0.25) is 0 Å². The number of unbranched alkanes of at least 4 members (excludes halogenated alkanes) is 2. The molecular formula is C31H27F11O8. The number of hydrogen-bond donors (Lipinski definition) is 0. The third kappa shape index (κ3) is 11.7. The summed E-state index contributed by atoms with van der Waals surface area (Å²) in [5, 5.41) is -0.0107. The minimum Gasteiger partial charge on any atom is -0.484 e. The monoisotopic (exact) mass is 736 g/mol. The van der Waals surface area contributed by atoms with Gasteiger partial charge < -0.3 is 13.9 Å². The van der Waals surface area contributed by atoms with Gasteiger partial charge in [-0.05, 0) is 49.6 Å². The molecule has 0 aliphatic heterocycles. The lowest BCUT2D eigenvalue weighted by molar-refractivity contribution is -0.574. The molecule has 1 heterocycles. The smallest absolute Gasteiger partial charge is 0.484 e. The number of carbonyl (C=O) groups is 1. The normalized spacial score (nSPS) is 13.1. The molecule has 0 fully saturated rings. The predicted molar refractivity (Wildman–Crippen MR) is 150 cm³/mol. The molecule has 3 aromatic rings. The molecule has 50 heavy (non-hydrogen) atoms. The van der Waals surface area contributed by atoms with Crippen molar-refractivity contribution in [3.63, 3.8) is 0 Å². The zero-order valence-corrected chi connectivity index (χ0v) is 25.9. The van der Waals surface area contributed by atoms with Crippen molar-refractivity contribution in [1.82, 2.24) is 0 Å². The highest BCUT2D eigenvalue weighted by molar-refractivity contribution is 5.87. The van der Waals surface area contributed by atoms with Gasteiger partial charge in [0.15, 0.2) is 13.2 Å². The van der Waals surface area contributed by atoms with E-state index in [9.17, 15) is 57.9 Å². The van der Waals surface area contributed by atoms with Crippen molar-refractivity contribution in [2.45, 2.75) is 70.5 Å². The van der Waals surface area contributed by atoms with Crippen LogP contribution in [0.25, 0.3) is 22.1 Å². The Balaban J connectivity index is 1.72. The third-order valence-corrected chi connectivity index (χ3v) is 6.36. The molecule has 19 heteroatoms. The van der Waals surface area contributed by atoms with E-state index in [0.717, 1.165) is 56.2 Å². The largest absolute Gasteiger partial charge is 0.496 e. The molecule has 0 amide bonds. The van der Waals surface area contributed by atoms with Gasteiger partial charge in [0.1, 0.15) is 11.3 Å². The van der Waals surface area contributed by atoms with E-state index < -0.39 is 89.4 Å². The number of esters is 1. The summed E-state index contributed by atoms with van der Waals surface area (Å²) in [4.78, 5) is 23.8. The summed E-state index contributed by atoms with van der Waals surface area (Å²) in [6.07, 6.45) is -24.5. The summed E-state index contributed by atoms with van der Waals surface area (Å²) in [6.45, 7) is 1.59. The quantitative estimate of drug-likeness (QED) is 0.0339. The van der Waals surface area contributed by atoms with Crippen LogP contribution in [0.2, 0.25) is 0 Å². The number of aryl methyl sites for hydroxylation is 1. The highest BCUT2D eigenvalue weighted by Gasteiger charge is 2.57. The highest BCUT2D eigenvalue weighted by atomic mass is 19.4. The molecule has 0 atom stereocenters. The zero-order valence-electron chi connectivity index (χ0n) is 25.9. The fourth-order valence-electron chi connectivity index (χ4n) is 4.19. The van der Waals surface area contributed by atoms with Gasteiger partial charge in [-0.25, -0.2) is 23.8 Å². The van der Waals surface area contributed by atoms with Crippen LogP contribution in [0.5, 0.6) is 5.75 Å². The second kappa shape index (κ2) is 15.3. The van der Waals surface area contributed by atoms with Crippen LogP contribution in [0.3, 0.4) is 0 Å². The van der Waals surface area contributed by atoms with Crippen molar-refractivity contribution in [2.75, 3.05) is 13.2 Å². The molecule has 8 nitrogen and oxygen atoms in total. The molecule has 0 N–H and O–H groups in total. The minimum absolute atomic E-state index is 0.0107. The van der Waals surface area contributed by atoms with Gasteiger partial charge in [-0.3, -0.25) is 0 Å². The van der Waals surface area contributed by atoms with Gasteiger partial charge >= 0.3 is 42.6 Å². The number of fused-ring (bicyclic) bond motifs is 1. The van der Waals surface area contributed by atoms with Crippen LogP contribution in [0.1, 0.15) is 44.2 Å². The number of halogens is 11. The first kappa shape index (κ1) is 40.2. The Labute approximate surface area is 275 Å². The van der Waals surface area contributed by atoms with Crippen molar-refractivity contribution < 1.29 is 81.2 Å². The maximum Gasteiger partial charge on any atom is 0.496 e. The number of rotatable bonds is 17. The summed E-state index contributed by atoms with van der Waals surface area (Å²) in [6, 6.07) is 7.29. The van der Waals surface area contributed by atoms with Crippen LogP contribution in [0.15, 0.2) is 63.8 Å². The number of carbonyl (C=O) groups excluding carboxylic acids is 1. The lowest BCUT2D eigenvalue weighted by Gasteiger charge is -2.27. The van der Waals surface area contributed by atoms with E-state index in [1.54, 1.807) is 0 Å². The molecule has 276 valence electrons. The van der Waals surface area contributed by atoms with E-state index >= 15 is 0 Å². The van der Waals surface area contributed by atoms with E-state index in [2.05, 4.69) is 30.3 Å². The van der Waals surface area contributed by atoms with Crippen LogP contribution in [0, 0.1) is 0 Å². The topological polar surface area (TPSA) is 93.4 Å². The molecule has 0 aliphatic rings. The van der Waals surface area contributed by atoms with Crippen molar-refractivity contribution in [1.29, 1.82) is 0 Å². The Hall–Kier alpha value is -4.23. The highest BCUT2D eigenvalue weighted by Crippen LogP contribution is 2.39. The summed E-state index contributed by atoms with van der Waals surface area (Å²) >= 11 is 0. The molecule has 0 bridgehead atoms. The van der Waals surface area contributed by atoms with E-state index in [4.69, 9.17) is 4.42 Å². The van der Waals surface area contributed by atoms with Crippen molar-refractivity contribution in [3.05, 3.63) is 76.2 Å². The van der Waals surface area contributed by atoms with Crippen LogP contribution in [-0.2, 0) is 36.3 Å². The van der Waals surface area contributed by atoms with E-state index in [1.807, 2.05) is 6.92 Å². The Morgan fingerprint density at radius 2 is 1.40 bits per heavy atom. The first-order chi connectivity index (χ1) is 22.9. The van der Waals surface area contributed by atoms with Crippen LogP contribution >= 0.6 is 0 Å². The van der Waals surface area contributed by atoms with Gasteiger partial charge in [-0.1, -0.05) is 38.5 Å². The fraction of sp³-hybridized carbons (Fsp3) is 0.419. The Morgan fingerprint density at radius 1 is 0.780 bits per heavy atom. The molecule has 0 unspecified atom stereocenters. The lowest BCUT2D eigenvalue weighted by atomic mass is 9.95. The minimum atomic E-state index is -5.99. The lowest BCUT2D eigenvalue weighted by Crippen LogP contribution is -2.46. The number of hydrogen-bond acceptors (Lipinski definition) is 8. The van der Waals surface area contributed by atoms with Gasteiger partial charge in [-0.15, -0.1) is 17.6 Å². The average Bonchev–Trinajstić information content (AvgIpc) is 2.96. The van der Waals surface area contributed by atoms with Crippen LogP contribution in [0.4, 0.5) is 48.3 Å². The second-order valence-corrected chi connectivity index (χ2v) is 10.6. The van der Waals surface area contributed by atoms with Gasteiger partial charge in [0.05, 0.1) is 11.1 Å². The summed E-state index contributed by atoms with van der Waals surface area (Å²) < 4.78 is 174. The summed E-state index contributed by atoms with van der Waals surface area (Å²) in [5.41, 5.74) is -3.76. The molecule has 0 saturated heterocycles. The van der Waals surface area contributed by atoms with E-state index in [-0.39, 0.29) is 5.39 Å². The number of benzene rings is 2.